The lowest BCUT2D eigenvalue weighted by molar-refractivity contribution is -0.0498. The van der Waals surface area contributed by atoms with Gasteiger partial charge in [-0.15, -0.1) is 0 Å². The molecule has 0 radical (unpaired) electrons. The minimum Gasteiger partial charge on any atom is -0.435 e. The van der Waals surface area contributed by atoms with Crippen LogP contribution in [0.5, 0.6) is 5.75 Å². The lowest BCUT2D eigenvalue weighted by atomic mass is 10.2. The molecule has 0 aliphatic rings. The zero-order valence-electron chi connectivity index (χ0n) is 11.5. The first-order valence-corrected chi connectivity index (χ1v) is 7.52. The Morgan fingerprint density at radius 3 is 2.85 bits per heavy atom. The Hall–Kier alpha value is -1.50. The van der Waals surface area contributed by atoms with Crippen molar-refractivity contribution >= 4 is 17.7 Å². The molecule has 0 unspecified atom stereocenters. The van der Waals surface area contributed by atoms with Crippen molar-refractivity contribution in [2.45, 2.75) is 13.2 Å². The molecule has 0 aliphatic heterocycles. The number of guanidine groups is 1. The minimum absolute atomic E-state index is 0.157. The molecule has 0 spiro atoms. The Kier molecular flexibility index (Phi) is 7.79. The maximum Gasteiger partial charge on any atom is 0.387 e. The van der Waals surface area contributed by atoms with Crippen LogP contribution in [0.1, 0.15) is 5.56 Å². The van der Waals surface area contributed by atoms with Gasteiger partial charge in [0.05, 0.1) is 0 Å². The highest BCUT2D eigenvalue weighted by molar-refractivity contribution is 7.98. The summed E-state index contributed by atoms with van der Waals surface area (Å²) in [6, 6.07) is 6.59. The molecule has 7 heteroatoms. The van der Waals surface area contributed by atoms with Gasteiger partial charge in [-0.25, -0.2) is 0 Å². The number of nitrogens with one attached hydrogen (secondary N) is 2. The molecule has 0 bridgehead atoms. The molecular weight excluding hydrogens is 284 g/mol. The Labute approximate surface area is 122 Å². The molecule has 1 aromatic rings. The molecule has 0 atom stereocenters. The standard InChI is InChI=1S/C13H19F2N3OS/c1-16-13(17-6-7-20-2)18-9-10-4-3-5-11(8-10)19-12(14)15/h3-5,8,12H,6-7,9H2,1-2H3,(H2,16,17,18). The molecule has 0 saturated heterocycles. The van der Waals surface area contributed by atoms with Crippen molar-refractivity contribution in [3.63, 3.8) is 0 Å². The summed E-state index contributed by atoms with van der Waals surface area (Å²) in [6.07, 6.45) is 2.03. The molecular formula is C13H19F2N3OS. The van der Waals surface area contributed by atoms with Gasteiger partial charge in [-0.05, 0) is 24.0 Å². The second-order valence-electron chi connectivity index (χ2n) is 3.87. The Bertz CT molecular complexity index is 430. The monoisotopic (exact) mass is 303 g/mol. The third-order valence-electron chi connectivity index (χ3n) is 2.41. The summed E-state index contributed by atoms with van der Waals surface area (Å²) in [5.41, 5.74) is 0.843. The summed E-state index contributed by atoms with van der Waals surface area (Å²) in [4.78, 5) is 4.08. The summed E-state index contributed by atoms with van der Waals surface area (Å²) in [7, 11) is 1.69. The fourth-order valence-electron chi connectivity index (χ4n) is 1.51. The number of ether oxygens (including phenoxy) is 1. The SMILES string of the molecule is CN=C(NCCSC)NCc1cccc(OC(F)F)c1. The maximum absolute atomic E-state index is 12.1. The Morgan fingerprint density at radius 2 is 2.20 bits per heavy atom. The van der Waals surface area contributed by atoms with Gasteiger partial charge in [0.25, 0.3) is 0 Å². The summed E-state index contributed by atoms with van der Waals surface area (Å²) < 4.78 is 28.6. The molecule has 0 heterocycles. The van der Waals surface area contributed by atoms with Crippen molar-refractivity contribution in [3.8, 4) is 5.75 Å². The molecule has 0 fully saturated rings. The first kappa shape index (κ1) is 16.6. The number of hydrogen-bond donors (Lipinski definition) is 2. The van der Waals surface area contributed by atoms with E-state index in [9.17, 15) is 8.78 Å². The highest BCUT2D eigenvalue weighted by atomic mass is 32.2. The van der Waals surface area contributed by atoms with Crippen molar-refractivity contribution in [2.75, 3.05) is 25.6 Å². The first-order valence-electron chi connectivity index (χ1n) is 6.13. The second-order valence-corrected chi connectivity index (χ2v) is 4.86. The molecule has 112 valence electrons. The predicted octanol–water partition coefficient (Wildman–Crippen LogP) is 2.32. The molecule has 1 aromatic carbocycles. The number of alkyl halides is 2. The van der Waals surface area contributed by atoms with Crippen LogP contribution in [0, 0.1) is 0 Å². The Balaban J connectivity index is 2.47. The molecule has 20 heavy (non-hydrogen) atoms. The number of halogens is 2. The number of aliphatic imine (C=N–C) groups is 1. The first-order chi connectivity index (χ1) is 9.65. The maximum atomic E-state index is 12.1. The normalized spacial score (nSPS) is 11.6. The zero-order valence-corrected chi connectivity index (χ0v) is 12.3. The number of thioether (sulfide) groups is 1. The van der Waals surface area contributed by atoms with Crippen LogP contribution in [0.15, 0.2) is 29.3 Å². The van der Waals surface area contributed by atoms with E-state index >= 15 is 0 Å². The van der Waals surface area contributed by atoms with Crippen LogP contribution in [-0.4, -0.2) is 38.2 Å². The smallest absolute Gasteiger partial charge is 0.387 e. The molecule has 4 nitrogen and oxygen atoms in total. The average Bonchev–Trinajstić information content (AvgIpc) is 2.42. The molecule has 0 aromatic heterocycles. The fourth-order valence-corrected chi connectivity index (χ4v) is 1.82. The van der Waals surface area contributed by atoms with Crippen LogP contribution < -0.4 is 15.4 Å². The fraction of sp³-hybridized carbons (Fsp3) is 0.462. The molecule has 2 N–H and O–H groups in total. The highest BCUT2D eigenvalue weighted by Gasteiger charge is 2.05. The van der Waals surface area contributed by atoms with Gasteiger partial charge in [-0.1, -0.05) is 12.1 Å². The quantitative estimate of drug-likeness (QED) is 0.461. The third-order valence-corrected chi connectivity index (χ3v) is 3.02. The lowest BCUT2D eigenvalue weighted by Crippen LogP contribution is -2.37. The number of rotatable bonds is 7. The van der Waals surface area contributed by atoms with E-state index in [4.69, 9.17) is 0 Å². The molecule has 1 rings (SSSR count). The van der Waals surface area contributed by atoms with E-state index in [0.29, 0.717) is 12.5 Å². The van der Waals surface area contributed by atoms with Gasteiger partial charge in [-0.3, -0.25) is 4.99 Å². The number of nitrogens with zero attached hydrogens (tertiary/aromatic N) is 1. The Morgan fingerprint density at radius 1 is 1.40 bits per heavy atom. The van der Waals surface area contributed by atoms with Crippen LogP contribution in [0.25, 0.3) is 0 Å². The van der Waals surface area contributed by atoms with Gasteiger partial charge >= 0.3 is 6.61 Å². The average molecular weight is 303 g/mol. The van der Waals surface area contributed by atoms with Crippen molar-refractivity contribution < 1.29 is 13.5 Å². The summed E-state index contributed by atoms with van der Waals surface area (Å²) >= 11 is 1.74. The van der Waals surface area contributed by atoms with Crippen molar-refractivity contribution in [2.24, 2.45) is 4.99 Å². The molecule has 0 amide bonds. The zero-order chi connectivity index (χ0) is 14.8. The van der Waals surface area contributed by atoms with Gasteiger partial charge in [0, 0.05) is 25.9 Å². The van der Waals surface area contributed by atoms with Crippen LogP contribution in [0.3, 0.4) is 0 Å². The highest BCUT2D eigenvalue weighted by Crippen LogP contribution is 2.15. The van der Waals surface area contributed by atoms with Gasteiger partial charge in [-0.2, -0.15) is 20.5 Å². The van der Waals surface area contributed by atoms with Gasteiger partial charge in [0.15, 0.2) is 5.96 Å². The topological polar surface area (TPSA) is 45.7 Å². The number of hydrogen-bond acceptors (Lipinski definition) is 3. The summed E-state index contributed by atoms with van der Waals surface area (Å²) in [6.45, 7) is -1.51. The van der Waals surface area contributed by atoms with Crippen molar-refractivity contribution in [3.05, 3.63) is 29.8 Å². The van der Waals surface area contributed by atoms with E-state index in [-0.39, 0.29) is 5.75 Å². The van der Waals surface area contributed by atoms with E-state index in [2.05, 4.69) is 20.4 Å². The third kappa shape index (κ3) is 6.60. The second kappa shape index (κ2) is 9.41. The van der Waals surface area contributed by atoms with E-state index < -0.39 is 6.61 Å². The van der Waals surface area contributed by atoms with Crippen molar-refractivity contribution in [1.82, 2.24) is 10.6 Å². The minimum atomic E-state index is -2.81. The van der Waals surface area contributed by atoms with E-state index in [1.54, 1.807) is 30.9 Å². The van der Waals surface area contributed by atoms with Crippen LogP contribution in [-0.2, 0) is 6.54 Å². The van der Waals surface area contributed by atoms with Crippen LogP contribution in [0.4, 0.5) is 8.78 Å². The van der Waals surface area contributed by atoms with Crippen LogP contribution in [0.2, 0.25) is 0 Å². The van der Waals surface area contributed by atoms with E-state index in [1.165, 1.54) is 6.07 Å². The van der Waals surface area contributed by atoms with E-state index in [0.717, 1.165) is 17.9 Å². The number of benzene rings is 1. The van der Waals surface area contributed by atoms with Gasteiger partial charge < -0.3 is 15.4 Å². The lowest BCUT2D eigenvalue weighted by Gasteiger charge is -2.12. The largest absolute Gasteiger partial charge is 0.435 e. The van der Waals surface area contributed by atoms with Gasteiger partial charge in [0.2, 0.25) is 0 Å². The van der Waals surface area contributed by atoms with Crippen LogP contribution >= 0.6 is 11.8 Å². The summed E-state index contributed by atoms with van der Waals surface area (Å²) in [5, 5.41) is 6.27. The van der Waals surface area contributed by atoms with E-state index in [1.807, 2.05) is 12.3 Å². The molecule has 0 saturated carbocycles. The van der Waals surface area contributed by atoms with Gasteiger partial charge in [0.1, 0.15) is 5.75 Å². The molecule has 0 aliphatic carbocycles. The van der Waals surface area contributed by atoms with Crippen molar-refractivity contribution in [1.29, 1.82) is 0 Å². The predicted molar refractivity (Wildman–Crippen MR) is 79.7 cm³/mol. The summed E-state index contributed by atoms with van der Waals surface area (Å²) in [5.74, 6) is 1.82.